The molecular formula is C64H50Cl2N4NaO10-. The van der Waals surface area contributed by atoms with Crippen LogP contribution in [-0.4, -0.2) is 45.0 Å². The Bertz CT molecular complexity index is 3920. The number of anilines is 2. The Balaban J connectivity index is 0.000000191. The van der Waals surface area contributed by atoms with Crippen LogP contribution in [0.3, 0.4) is 0 Å². The van der Waals surface area contributed by atoms with Crippen molar-refractivity contribution >= 4 is 81.0 Å². The Hall–Kier alpha value is -8.08. The van der Waals surface area contributed by atoms with Gasteiger partial charge in [-0.05, 0) is 78.8 Å². The number of aromatic nitrogens is 2. The zero-order chi connectivity index (χ0) is 54.8. The fraction of sp³-hybridized carbons (Fsp3) is 0.156. The zero-order valence-electron chi connectivity index (χ0n) is 44.1. The SMILES string of the molecule is C[C@@H](OC(=O)Nc1c(-c2ccc(-c3ccc(C4(C(=O)O)CC4)cc3)cc2)oc2cnccc12)c1ccccc1Cl.C[C@@H](OC(=O)Nc1c(-c2ccc(-c3ccc(C4([C-]=O)CC4)cc3)cc2)oc2cnccc12)c1ccccc1Cl.[Na+].[OH-]. The van der Waals surface area contributed by atoms with Gasteiger partial charge in [0, 0.05) is 55.5 Å². The molecule has 2 amide bonds. The van der Waals surface area contributed by atoms with Gasteiger partial charge in [0.1, 0.15) is 12.2 Å². The summed E-state index contributed by atoms with van der Waals surface area (Å²) < 4.78 is 23.5. The molecule has 4 heterocycles. The van der Waals surface area contributed by atoms with Gasteiger partial charge in [-0.25, -0.2) is 9.59 Å². The number of furan rings is 2. The first-order valence-corrected chi connectivity index (χ1v) is 26.3. The third-order valence-electron chi connectivity index (χ3n) is 14.6. The van der Waals surface area contributed by atoms with Crippen molar-refractivity contribution in [2.75, 3.05) is 10.6 Å². The smallest absolute Gasteiger partial charge is 0.870 e. The molecule has 0 unspecified atom stereocenters. The summed E-state index contributed by atoms with van der Waals surface area (Å²) in [7, 11) is 0. The predicted molar refractivity (Wildman–Crippen MR) is 307 cm³/mol. The fourth-order valence-corrected chi connectivity index (χ4v) is 10.4. The van der Waals surface area contributed by atoms with Crippen LogP contribution in [0.2, 0.25) is 10.0 Å². The van der Waals surface area contributed by atoms with Gasteiger partial charge >= 0.3 is 47.7 Å². The standard InChI is InChI=1S/C32H25ClN2O5.C32H24ClN2O4.Na.H2O/c1-19(24-4-2-3-5-26(24)33)39-31(38)35-28-25-14-17-34-18-27(25)40-29(28)22-8-6-20(7-9-22)21-10-12-23(13-11-21)32(15-16-32)30(36)37;1-20(25-4-2-3-5-27(25)33)38-31(37)35-29-26-14-17-34-18-28(26)39-30(29)23-8-6-21(7-9-23)22-10-12-24(13-11-22)32(19-36)15-16-32;;/h2-14,17-19H,15-16H2,1H3,(H,35,38)(H,36,37);2-14,17-18,20H,15-16H2,1H3,(H,35,37);;1H2/q;-1;+1;/p-1/t19-;20-;;/m11../s1. The summed E-state index contributed by atoms with van der Waals surface area (Å²) in [6, 6.07) is 49.4. The van der Waals surface area contributed by atoms with Gasteiger partial charge in [-0.2, -0.15) is 0 Å². The van der Waals surface area contributed by atoms with E-state index in [0.29, 0.717) is 73.3 Å². The van der Waals surface area contributed by atoms with Gasteiger partial charge in [0.15, 0.2) is 22.7 Å². The molecule has 2 saturated carbocycles. The van der Waals surface area contributed by atoms with Gasteiger partial charge in [0.2, 0.25) is 0 Å². The Labute approximate surface area is 498 Å². The second kappa shape index (κ2) is 24.3. The first kappa shape index (κ1) is 57.6. The number of benzene rings is 6. The maximum absolute atomic E-state index is 12.9. The van der Waals surface area contributed by atoms with Crippen LogP contribution in [0.5, 0.6) is 0 Å². The Morgan fingerprint density at radius 1 is 0.556 bits per heavy atom. The van der Waals surface area contributed by atoms with Crippen molar-refractivity contribution in [2.45, 2.75) is 62.6 Å². The third-order valence-corrected chi connectivity index (χ3v) is 15.3. The maximum atomic E-state index is 12.9. The summed E-state index contributed by atoms with van der Waals surface area (Å²) in [5.41, 5.74) is 9.73. The van der Waals surface area contributed by atoms with Crippen LogP contribution in [0.25, 0.3) is 66.8 Å². The van der Waals surface area contributed by atoms with Crippen LogP contribution >= 0.6 is 23.2 Å². The number of carbonyl (C=O) groups excluding carboxylic acids is 3. The van der Waals surface area contributed by atoms with Crippen molar-refractivity contribution in [2.24, 2.45) is 0 Å². The van der Waals surface area contributed by atoms with Crippen LogP contribution < -0.4 is 40.2 Å². The number of aliphatic carboxylic acids is 1. The molecule has 4 N–H and O–H groups in total. The van der Waals surface area contributed by atoms with E-state index >= 15 is 0 Å². The number of rotatable bonds is 14. The second-order valence-electron chi connectivity index (χ2n) is 19.6. The topological polar surface area (TPSA) is 213 Å². The average Bonchev–Trinajstić information content (AvgIpc) is 4.57. The van der Waals surface area contributed by atoms with Gasteiger partial charge in [-0.15, -0.1) is 5.41 Å². The van der Waals surface area contributed by atoms with Crippen LogP contribution in [0.4, 0.5) is 21.0 Å². The average molecular weight is 1130 g/mol. The molecule has 2 fully saturated rings. The summed E-state index contributed by atoms with van der Waals surface area (Å²) in [6.07, 6.45) is 9.38. The molecule has 0 radical (unpaired) electrons. The first-order valence-electron chi connectivity index (χ1n) is 25.6. The minimum atomic E-state index is -0.766. The van der Waals surface area contributed by atoms with Crippen LogP contribution in [0.1, 0.15) is 74.0 Å². The molecular weight excluding hydrogens is 1080 g/mol. The molecule has 2 aliphatic rings. The molecule has 10 aromatic rings. The largest absolute Gasteiger partial charge is 1.00 e. The number of nitrogens with zero attached hydrogens (tertiary/aromatic N) is 2. The molecule has 12 rings (SSSR count). The Kier molecular flexibility index (Phi) is 17.3. The number of ether oxygens (including phenoxy) is 2. The van der Waals surface area contributed by atoms with Crippen molar-refractivity contribution in [3.05, 3.63) is 215 Å². The van der Waals surface area contributed by atoms with Gasteiger partial charge in [-0.3, -0.25) is 31.7 Å². The second-order valence-corrected chi connectivity index (χ2v) is 20.4. The first-order chi connectivity index (χ1) is 38.3. The summed E-state index contributed by atoms with van der Waals surface area (Å²) in [6.45, 7) is 3.53. The van der Waals surface area contributed by atoms with Crippen molar-refractivity contribution < 1.29 is 77.6 Å². The molecule has 0 spiro atoms. The molecule has 14 nitrogen and oxygen atoms in total. The Morgan fingerprint density at radius 3 is 1.28 bits per heavy atom. The molecule has 2 atom stereocenters. The van der Waals surface area contributed by atoms with E-state index in [1.807, 2.05) is 133 Å². The molecule has 4 aromatic heterocycles. The molecule has 0 bridgehead atoms. The van der Waals surface area contributed by atoms with E-state index in [1.54, 1.807) is 62.9 Å². The number of carboxylic acids is 1. The molecule has 6 aromatic carbocycles. The Morgan fingerprint density at radius 2 is 0.926 bits per heavy atom. The van der Waals surface area contributed by atoms with E-state index < -0.39 is 41.2 Å². The molecule has 2 aliphatic carbocycles. The van der Waals surface area contributed by atoms with E-state index in [-0.39, 0.29) is 35.0 Å². The van der Waals surface area contributed by atoms with Crippen LogP contribution in [0, 0.1) is 0 Å². The number of halogens is 2. The van der Waals surface area contributed by atoms with Crippen molar-refractivity contribution in [3.8, 4) is 44.9 Å². The van der Waals surface area contributed by atoms with E-state index in [2.05, 4.69) is 26.9 Å². The number of hydrogen-bond donors (Lipinski definition) is 3. The number of amides is 2. The number of carbonyl (C=O) groups is 3. The fourth-order valence-electron chi connectivity index (χ4n) is 9.79. The number of hydrogen-bond acceptors (Lipinski definition) is 11. The quantitative estimate of drug-likeness (QED) is 0.0685. The maximum Gasteiger partial charge on any atom is 1.00 e. The van der Waals surface area contributed by atoms with Crippen LogP contribution in [-0.2, 0) is 29.9 Å². The summed E-state index contributed by atoms with van der Waals surface area (Å²) in [5, 5.41) is 17.8. The summed E-state index contributed by atoms with van der Waals surface area (Å²) in [4.78, 5) is 57.2. The minimum Gasteiger partial charge on any atom is -0.870 e. The monoisotopic (exact) mass is 1130 g/mol. The minimum absolute atomic E-state index is 0. The number of fused-ring (bicyclic) bond motifs is 2. The van der Waals surface area contributed by atoms with E-state index in [0.717, 1.165) is 62.9 Å². The van der Waals surface area contributed by atoms with Crippen molar-refractivity contribution in [3.63, 3.8) is 0 Å². The van der Waals surface area contributed by atoms with Crippen LogP contribution in [0.15, 0.2) is 191 Å². The summed E-state index contributed by atoms with van der Waals surface area (Å²) in [5.74, 6) is 0.209. The molecule has 81 heavy (non-hydrogen) atoms. The molecule has 402 valence electrons. The zero-order valence-corrected chi connectivity index (χ0v) is 47.6. The predicted octanol–water partition coefficient (Wildman–Crippen LogP) is 13.3. The van der Waals surface area contributed by atoms with Gasteiger partial charge in [0.25, 0.3) is 0 Å². The van der Waals surface area contributed by atoms with E-state index in [4.69, 9.17) is 41.5 Å². The summed E-state index contributed by atoms with van der Waals surface area (Å²) >= 11 is 12.5. The normalized spacial score (nSPS) is 14.1. The van der Waals surface area contributed by atoms with Gasteiger partial charge < -0.3 is 33.7 Å². The number of nitrogens with one attached hydrogen (secondary N) is 2. The van der Waals surface area contributed by atoms with Crippen molar-refractivity contribution in [1.82, 2.24) is 9.97 Å². The number of carboxylic acid groups (broad SMARTS) is 1. The molecule has 0 saturated heterocycles. The van der Waals surface area contributed by atoms with Gasteiger partial charge in [0.05, 0.1) is 29.2 Å². The van der Waals surface area contributed by atoms with E-state index in [9.17, 15) is 24.3 Å². The van der Waals surface area contributed by atoms with Gasteiger partial charge in [-0.1, -0.05) is 175 Å². The molecule has 0 aliphatic heterocycles. The third kappa shape index (κ3) is 12.0. The van der Waals surface area contributed by atoms with Crippen molar-refractivity contribution in [1.29, 1.82) is 0 Å². The van der Waals surface area contributed by atoms with E-state index in [1.165, 1.54) is 0 Å². The number of pyridine rings is 2. The molecule has 17 heteroatoms.